The van der Waals surface area contributed by atoms with Gasteiger partial charge < -0.3 is 10.3 Å². The van der Waals surface area contributed by atoms with Gasteiger partial charge >= 0.3 is 0 Å². The fourth-order valence-corrected chi connectivity index (χ4v) is 3.20. The van der Waals surface area contributed by atoms with Crippen molar-refractivity contribution in [3.8, 4) is 0 Å². The second kappa shape index (κ2) is 3.65. The molecule has 1 aromatic rings. The van der Waals surface area contributed by atoms with Crippen molar-refractivity contribution in [2.24, 2.45) is 5.73 Å². The van der Waals surface area contributed by atoms with Crippen LogP contribution in [0.4, 0.5) is 0 Å². The number of aromatic nitrogens is 1. The largest absolute Gasteiger partial charge is 0.349 e. The third-order valence-electron chi connectivity index (χ3n) is 3.96. The molecule has 1 fully saturated rings. The van der Waals surface area contributed by atoms with Crippen LogP contribution in [0, 0.1) is 0 Å². The first-order valence-corrected chi connectivity index (χ1v) is 6.01. The Labute approximate surface area is 90.9 Å². The van der Waals surface area contributed by atoms with E-state index in [4.69, 9.17) is 5.73 Å². The monoisotopic (exact) mass is 205 g/mol. The van der Waals surface area contributed by atoms with E-state index in [1.54, 1.807) is 0 Å². The lowest BCUT2D eigenvalue weighted by Gasteiger charge is -2.45. The normalized spacial score (nSPS) is 31.0. The zero-order chi connectivity index (χ0) is 10.3. The first kappa shape index (κ1) is 9.43. The van der Waals surface area contributed by atoms with E-state index in [-0.39, 0.29) is 0 Å². The fourth-order valence-electron chi connectivity index (χ4n) is 3.20. The lowest BCUT2D eigenvalue weighted by molar-refractivity contribution is 0.0610. The number of nitrogens with zero attached hydrogens (tertiary/aromatic N) is 2. The van der Waals surface area contributed by atoms with Crippen LogP contribution in [0.25, 0.3) is 0 Å². The van der Waals surface area contributed by atoms with Crippen LogP contribution in [0.15, 0.2) is 18.3 Å². The van der Waals surface area contributed by atoms with Gasteiger partial charge in [0, 0.05) is 37.6 Å². The highest BCUT2D eigenvalue weighted by molar-refractivity contribution is 5.16. The molecule has 0 bridgehead atoms. The van der Waals surface area contributed by atoms with Crippen molar-refractivity contribution < 1.29 is 0 Å². The summed E-state index contributed by atoms with van der Waals surface area (Å²) in [6, 6.07) is 5.70. The second-order valence-electron chi connectivity index (χ2n) is 4.70. The molecule has 3 heteroatoms. The first-order valence-electron chi connectivity index (χ1n) is 6.01. The predicted octanol–water partition coefficient (Wildman–Crippen LogP) is 1.36. The summed E-state index contributed by atoms with van der Waals surface area (Å²) in [5.41, 5.74) is 7.36. The summed E-state index contributed by atoms with van der Waals surface area (Å²) in [5, 5.41) is 0. The number of hydrogen-bond acceptors (Lipinski definition) is 2. The van der Waals surface area contributed by atoms with E-state index in [2.05, 4.69) is 27.8 Å². The van der Waals surface area contributed by atoms with Crippen LogP contribution >= 0.6 is 0 Å². The zero-order valence-corrected chi connectivity index (χ0v) is 9.10. The lowest BCUT2D eigenvalue weighted by atomic mass is 9.92. The average Bonchev–Trinajstić information content (AvgIpc) is 2.76. The highest BCUT2D eigenvalue weighted by atomic mass is 15.3. The van der Waals surface area contributed by atoms with Gasteiger partial charge in [-0.2, -0.15) is 0 Å². The molecule has 1 saturated heterocycles. The molecule has 0 unspecified atom stereocenters. The smallest absolute Gasteiger partial charge is 0.0504 e. The number of piperidine rings is 1. The minimum atomic E-state index is 0.618. The molecule has 0 saturated carbocycles. The molecule has 0 amide bonds. The summed E-state index contributed by atoms with van der Waals surface area (Å²) in [6.45, 7) is 3.13. The summed E-state index contributed by atoms with van der Waals surface area (Å²) in [7, 11) is 0. The van der Waals surface area contributed by atoms with E-state index < -0.39 is 0 Å². The maximum absolute atomic E-state index is 5.86. The van der Waals surface area contributed by atoms with E-state index in [1.807, 2.05) is 0 Å². The standard InChI is InChI=1S/C12H19N3/c13-9-10-3-1-4-12-11-5-2-6-14(11)7-8-15(10)12/h2,5-6,10,12H,1,3-4,7-9,13H2/t10-,12+/m1/s1. The van der Waals surface area contributed by atoms with Crippen LogP contribution in [-0.2, 0) is 6.54 Å². The highest BCUT2D eigenvalue weighted by Crippen LogP contribution is 2.36. The fraction of sp³-hybridized carbons (Fsp3) is 0.667. The molecule has 2 N–H and O–H groups in total. The molecule has 0 aromatic carbocycles. The molecule has 82 valence electrons. The molecule has 2 aliphatic heterocycles. The van der Waals surface area contributed by atoms with E-state index in [9.17, 15) is 0 Å². The molecular weight excluding hydrogens is 186 g/mol. The molecule has 1 aromatic heterocycles. The van der Waals surface area contributed by atoms with Gasteiger partial charge in [0.25, 0.3) is 0 Å². The predicted molar refractivity (Wildman–Crippen MR) is 60.6 cm³/mol. The number of nitrogens with two attached hydrogens (primary N) is 1. The first-order chi connectivity index (χ1) is 7.40. The highest BCUT2D eigenvalue weighted by Gasteiger charge is 2.34. The van der Waals surface area contributed by atoms with E-state index in [0.29, 0.717) is 12.1 Å². The van der Waals surface area contributed by atoms with Gasteiger partial charge in [-0.1, -0.05) is 0 Å². The van der Waals surface area contributed by atoms with Gasteiger partial charge in [-0.25, -0.2) is 0 Å². The quantitative estimate of drug-likeness (QED) is 0.751. The van der Waals surface area contributed by atoms with Gasteiger partial charge in [0.2, 0.25) is 0 Å². The maximum atomic E-state index is 5.86. The van der Waals surface area contributed by atoms with Gasteiger partial charge in [0.15, 0.2) is 0 Å². The zero-order valence-electron chi connectivity index (χ0n) is 9.10. The van der Waals surface area contributed by atoms with Crippen LogP contribution in [0.3, 0.4) is 0 Å². The van der Waals surface area contributed by atoms with Crippen LogP contribution in [0.1, 0.15) is 31.0 Å². The third-order valence-corrected chi connectivity index (χ3v) is 3.96. The molecule has 3 nitrogen and oxygen atoms in total. The number of fused-ring (bicyclic) bond motifs is 3. The number of hydrogen-bond donors (Lipinski definition) is 1. The van der Waals surface area contributed by atoms with Crippen LogP contribution in [0.2, 0.25) is 0 Å². The Hall–Kier alpha value is -0.800. The van der Waals surface area contributed by atoms with E-state index in [1.165, 1.54) is 31.5 Å². The molecule has 0 spiro atoms. The van der Waals surface area contributed by atoms with Crippen molar-refractivity contribution in [2.75, 3.05) is 13.1 Å². The summed E-state index contributed by atoms with van der Waals surface area (Å²) in [6.07, 6.45) is 6.13. The Morgan fingerprint density at radius 2 is 2.27 bits per heavy atom. The van der Waals surface area contributed by atoms with E-state index in [0.717, 1.165) is 13.1 Å². The Morgan fingerprint density at radius 1 is 1.33 bits per heavy atom. The van der Waals surface area contributed by atoms with Crippen molar-refractivity contribution in [2.45, 2.75) is 37.9 Å². The Kier molecular flexibility index (Phi) is 2.29. The minimum Gasteiger partial charge on any atom is -0.349 e. The van der Waals surface area contributed by atoms with Crippen LogP contribution in [0.5, 0.6) is 0 Å². The van der Waals surface area contributed by atoms with Crippen molar-refractivity contribution in [1.29, 1.82) is 0 Å². The number of rotatable bonds is 1. The summed E-state index contributed by atoms with van der Waals surface area (Å²) < 4.78 is 2.40. The van der Waals surface area contributed by atoms with Gasteiger partial charge in [-0.3, -0.25) is 4.90 Å². The summed E-state index contributed by atoms with van der Waals surface area (Å²) in [4.78, 5) is 2.62. The van der Waals surface area contributed by atoms with Crippen molar-refractivity contribution in [1.82, 2.24) is 9.47 Å². The van der Waals surface area contributed by atoms with Gasteiger partial charge in [0.05, 0.1) is 6.04 Å². The minimum absolute atomic E-state index is 0.618. The molecule has 15 heavy (non-hydrogen) atoms. The Morgan fingerprint density at radius 3 is 3.13 bits per heavy atom. The van der Waals surface area contributed by atoms with Gasteiger partial charge in [0.1, 0.15) is 0 Å². The topological polar surface area (TPSA) is 34.2 Å². The van der Waals surface area contributed by atoms with Crippen molar-refractivity contribution in [3.05, 3.63) is 24.0 Å². The Bertz CT molecular complexity index is 344. The van der Waals surface area contributed by atoms with Crippen molar-refractivity contribution in [3.63, 3.8) is 0 Å². The van der Waals surface area contributed by atoms with Gasteiger partial charge in [-0.05, 0) is 31.4 Å². The summed E-state index contributed by atoms with van der Waals surface area (Å²) >= 11 is 0. The summed E-state index contributed by atoms with van der Waals surface area (Å²) in [5.74, 6) is 0. The molecule has 0 radical (unpaired) electrons. The maximum Gasteiger partial charge on any atom is 0.0504 e. The molecular formula is C12H19N3. The van der Waals surface area contributed by atoms with Crippen LogP contribution in [-0.4, -0.2) is 28.6 Å². The molecule has 3 rings (SSSR count). The van der Waals surface area contributed by atoms with Gasteiger partial charge in [-0.15, -0.1) is 0 Å². The molecule has 2 atom stereocenters. The third kappa shape index (κ3) is 1.42. The van der Waals surface area contributed by atoms with E-state index >= 15 is 0 Å². The Balaban J connectivity index is 1.92. The van der Waals surface area contributed by atoms with Crippen LogP contribution < -0.4 is 5.73 Å². The molecule has 0 aliphatic carbocycles. The SMILES string of the molecule is NC[C@H]1CCC[C@H]2c3cccn3CCN12. The molecule has 3 heterocycles. The van der Waals surface area contributed by atoms with Crippen molar-refractivity contribution >= 4 is 0 Å². The lowest BCUT2D eigenvalue weighted by Crippen LogP contribution is -2.49. The molecule has 2 aliphatic rings. The second-order valence-corrected chi connectivity index (χ2v) is 4.70. The average molecular weight is 205 g/mol.